The average Bonchev–Trinajstić information content (AvgIpc) is 2.42. The Morgan fingerprint density at radius 3 is 2.33 bits per heavy atom. The van der Waals surface area contributed by atoms with Crippen LogP contribution in [-0.2, 0) is 0 Å². The second kappa shape index (κ2) is 6.49. The van der Waals surface area contributed by atoms with E-state index in [-0.39, 0.29) is 17.1 Å². The quantitative estimate of drug-likeness (QED) is 0.780. The summed E-state index contributed by atoms with van der Waals surface area (Å²) in [6, 6.07) is 6.07. The minimum Gasteiger partial charge on any atom is -0.508 e. The number of phenolic OH excluding ortho intramolecular Hbond substituents is 2. The van der Waals surface area contributed by atoms with E-state index < -0.39 is 11.4 Å². The van der Waals surface area contributed by atoms with E-state index in [2.05, 4.69) is 11.4 Å². The molecule has 0 unspecified atom stereocenters. The van der Waals surface area contributed by atoms with Crippen LogP contribution in [0.1, 0.15) is 55.3 Å². The van der Waals surface area contributed by atoms with Crippen LogP contribution in [0.15, 0.2) is 18.2 Å². The third-order valence-electron chi connectivity index (χ3n) is 4.00. The van der Waals surface area contributed by atoms with Gasteiger partial charge in [-0.25, -0.2) is 0 Å². The molecule has 5 nitrogen and oxygen atoms in total. The number of nitriles is 1. The normalized spacial score (nSPS) is 18.0. The number of aromatic hydroxyl groups is 2. The van der Waals surface area contributed by atoms with Crippen LogP contribution in [0.5, 0.6) is 11.5 Å². The van der Waals surface area contributed by atoms with Gasteiger partial charge >= 0.3 is 0 Å². The zero-order valence-electron chi connectivity index (χ0n) is 11.9. The number of nitrogens with one attached hydrogen (secondary N) is 1. The molecule has 2 rings (SSSR count). The second-order valence-corrected chi connectivity index (χ2v) is 5.62. The van der Waals surface area contributed by atoms with Crippen LogP contribution in [0.2, 0.25) is 0 Å². The number of benzene rings is 1. The average molecular weight is 288 g/mol. The van der Waals surface area contributed by atoms with Crippen LogP contribution in [-0.4, -0.2) is 21.7 Å². The lowest BCUT2D eigenvalue weighted by Crippen LogP contribution is -2.47. The number of hydrogen-bond acceptors (Lipinski definition) is 4. The number of carbonyl (C=O) groups is 1. The number of amides is 1. The lowest BCUT2D eigenvalue weighted by molar-refractivity contribution is 0.0905. The Labute approximate surface area is 124 Å². The third kappa shape index (κ3) is 3.66. The summed E-state index contributed by atoms with van der Waals surface area (Å²) in [5.74, 6) is -0.869. The van der Waals surface area contributed by atoms with Gasteiger partial charge in [-0.3, -0.25) is 4.79 Å². The van der Waals surface area contributed by atoms with Crippen molar-refractivity contribution < 1.29 is 15.0 Å². The van der Waals surface area contributed by atoms with Crippen molar-refractivity contribution in [3.63, 3.8) is 0 Å². The van der Waals surface area contributed by atoms with Crippen molar-refractivity contribution in [1.29, 1.82) is 5.26 Å². The molecule has 1 aliphatic rings. The van der Waals surface area contributed by atoms with Crippen LogP contribution >= 0.6 is 0 Å². The van der Waals surface area contributed by atoms with E-state index in [0.29, 0.717) is 12.8 Å². The Balaban J connectivity index is 2.16. The summed E-state index contributed by atoms with van der Waals surface area (Å²) in [5, 5.41) is 31.3. The maximum Gasteiger partial charge on any atom is 0.256 e. The summed E-state index contributed by atoms with van der Waals surface area (Å²) >= 11 is 0. The molecular weight excluding hydrogens is 268 g/mol. The molecule has 1 saturated carbocycles. The van der Waals surface area contributed by atoms with Gasteiger partial charge in [-0.15, -0.1) is 0 Å². The van der Waals surface area contributed by atoms with E-state index in [4.69, 9.17) is 0 Å². The van der Waals surface area contributed by atoms with Crippen LogP contribution in [0.3, 0.4) is 0 Å². The molecule has 1 aromatic carbocycles. The molecule has 0 heterocycles. The van der Waals surface area contributed by atoms with Crippen LogP contribution in [0.4, 0.5) is 0 Å². The lowest BCUT2D eigenvalue weighted by atomic mass is 9.85. The zero-order valence-corrected chi connectivity index (χ0v) is 11.9. The molecule has 1 aromatic rings. The summed E-state index contributed by atoms with van der Waals surface area (Å²) in [6.45, 7) is 0. The highest BCUT2D eigenvalue weighted by molar-refractivity contribution is 5.97. The first kappa shape index (κ1) is 15.2. The van der Waals surface area contributed by atoms with Gasteiger partial charge in [-0.2, -0.15) is 5.26 Å². The zero-order chi connectivity index (χ0) is 15.3. The molecule has 21 heavy (non-hydrogen) atoms. The first-order chi connectivity index (χ1) is 10.1. The monoisotopic (exact) mass is 288 g/mol. The van der Waals surface area contributed by atoms with Gasteiger partial charge in [0.15, 0.2) is 0 Å². The molecule has 1 amide bonds. The van der Waals surface area contributed by atoms with E-state index in [0.717, 1.165) is 31.7 Å². The van der Waals surface area contributed by atoms with Gasteiger partial charge in [0, 0.05) is 6.07 Å². The van der Waals surface area contributed by atoms with Gasteiger partial charge in [0.25, 0.3) is 5.91 Å². The smallest absolute Gasteiger partial charge is 0.256 e. The maximum atomic E-state index is 12.3. The SMILES string of the molecule is N#CC1(NC(=O)c2ccc(O)cc2O)CCCCCCC1. The second-order valence-electron chi connectivity index (χ2n) is 5.62. The van der Waals surface area contributed by atoms with Crippen molar-refractivity contribution in [2.45, 2.75) is 50.5 Å². The number of nitrogens with zero attached hydrogens (tertiary/aromatic N) is 1. The fraction of sp³-hybridized carbons (Fsp3) is 0.500. The summed E-state index contributed by atoms with van der Waals surface area (Å²) in [4.78, 5) is 12.3. The predicted molar refractivity (Wildman–Crippen MR) is 77.9 cm³/mol. The highest BCUT2D eigenvalue weighted by Crippen LogP contribution is 2.28. The molecule has 0 spiro atoms. The Kier molecular flexibility index (Phi) is 4.69. The van der Waals surface area contributed by atoms with Gasteiger partial charge in [0.1, 0.15) is 17.0 Å². The van der Waals surface area contributed by atoms with Crippen LogP contribution < -0.4 is 5.32 Å². The topological polar surface area (TPSA) is 93.4 Å². The van der Waals surface area contributed by atoms with E-state index in [1.165, 1.54) is 18.6 Å². The van der Waals surface area contributed by atoms with Crippen molar-refractivity contribution in [3.05, 3.63) is 23.8 Å². The minimum atomic E-state index is -0.859. The Morgan fingerprint density at radius 1 is 1.14 bits per heavy atom. The van der Waals surface area contributed by atoms with Crippen molar-refractivity contribution in [2.24, 2.45) is 0 Å². The number of carbonyl (C=O) groups excluding carboxylic acids is 1. The van der Waals surface area contributed by atoms with Crippen molar-refractivity contribution >= 4 is 5.91 Å². The van der Waals surface area contributed by atoms with E-state index in [9.17, 15) is 20.3 Å². The van der Waals surface area contributed by atoms with Crippen LogP contribution in [0, 0.1) is 11.3 Å². The molecule has 0 bridgehead atoms. The van der Waals surface area contributed by atoms with E-state index in [1.807, 2.05) is 0 Å². The molecule has 0 radical (unpaired) electrons. The largest absolute Gasteiger partial charge is 0.508 e. The summed E-state index contributed by atoms with van der Waals surface area (Å²) < 4.78 is 0. The fourth-order valence-electron chi connectivity index (χ4n) is 2.77. The maximum absolute atomic E-state index is 12.3. The Bertz CT molecular complexity index is 555. The van der Waals surface area contributed by atoms with Gasteiger partial charge in [0.05, 0.1) is 11.6 Å². The first-order valence-corrected chi connectivity index (χ1v) is 7.32. The summed E-state index contributed by atoms with van der Waals surface area (Å²) in [6.07, 6.45) is 6.41. The minimum absolute atomic E-state index is 0.0736. The van der Waals surface area contributed by atoms with Crippen molar-refractivity contribution in [3.8, 4) is 17.6 Å². The van der Waals surface area contributed by atoms with Gasteiger partial charge in [0.2, 0.25) is 0 Å². The Hall–Kier alpha value is -2.22. The third-order valence-corrected chi connectivity index (χ3v) is 4.00. The van der Waals surface area contributed by atoms with Gasteiger partial charge in [-0.1, -0.05) is 32.1 Å². The molecule has 3 N–H and O–H groups in total. The molecular formula is C16H20N2O3. The van der Waals surface area contributed by atoms with Gasteiger partial charge < -0.3 is 15.5 Å². The number of rotatable bonds is 2. The van der Waals surface area contributed by atoms with E-state index >= 15 is 0 Å². The lowest BCUT2D eigenvalue weighted by Gasteiger charge is -2.29. The molecule has 1 fully saturated rings. The number of phenols is 2. The highest BCUT2D eigenvalue weighted by atomic mass is 16.3. The highest BCUT2D eigenvalue weighted by Gasteiger charge is 2.32. The van der Waals surface area contributed by atoms with Crippen molar-refractivity contribution in [1.82, 2.24) is 5.32 Å². The Morgan fingerprint density at radius 2 is 1.76 bits per heavy atom. The van der Waals surface area contributed by atoms with Gasteiger partial charge in [-0.05, 0) is 25.0 Å². The molecule has 0 aromatic heterocycles. The molecule has 0 atom stereocenters. The van der Waals surface area contributed by atoms with E-state index in [1.54, 1.807) is 0 Å². The fourth-order valence-corrected chi connectivity index (χ4v) is 2.77. The standard InChI is InChI=1S/C16H20N2O3/c17-11-16(8-4-2-1-3-5-9-16)18-15(21)13-7-6-12(19)10-14(13)20/h6-7,10,19-20H,1-5,8-9H2,(H,18,21). The molecule has 5 heteroatoms. The molecule has 0 aliphatic heterocycles. The summed E-state index contributed by atoms with van der Waals surface area (Å²) in [5.41, 5.74) is -0.786. The summed E-state index contributed by atoms with van der Waals surface area (Å²) in [7, 11) is 0. The molecule has 1 aliphatic carbocycles. The molecule has 0 saturated heterocycles. The molecule has 112 valence electrons. The number of hydrogen-bond donors (Lipinski definition) is 3. The predicted octanol–water partition coefficient (Wildman–Crippen LogP) is 2.83. The first-order valence-electron chi connectivity index (χ1n) is 7.32. The van der Waals surface area contributed by atoms with Crippen LogP contribution in [0.25, 0.3) is 0 Å². The van der Waals surface area contributed by atoms with Crippen molar-refractivity contribution in [2.75, 3.05) is 0 Å².